The monoisotopic (exact) mass is 405 g/mol. The molecule has 0 N–H and O–H groups in total. The second-order valence-corrected chi connectivity index (χ2v) is 6.84. The van der Waals surface area contributed by atoms with Gasteiger partial charge in [-0.05, 0) is 42.8 Å². The van der Waals surface area contributed by atoms with Crippen LogP contribution in [0.25, 0.3) is 27.7 Å². The van der Waals surface area contributed by atoms with Crippen molar-refractivity contribution in [2.24, 2.45) is 0 Å². The van der Waals surface area contributed by atoms with Gasteiger partial charge in [-0.3, -0.25) is 19.3 Å². The molecule has 144 valence electrons. The van der Waals surface area contributed by atoms with Crippen molar-refractivity contribution in [3.8, 4) is 16.8 Å². The van der Waals surface area contributed by atoms with E-state index in [0.717, 1.165) is 0 Å². The van der Waals surface area contributed by atoms with E-state index in [1.807, 2.05) is 0 Å². The maximum absolute atomic E-state index is 13.5. The molecule has 0 saturated heterocycles. The standard InChI is InChI=1S/C22H16ClN3O3/c1-13-18(22(28)29-2)19(14-3-5-15(23)6-4-14)20-17(25-13)9-12-26(21(20)27)16-7-10-24-11-8-16/h3-12H,1-2H3. The summed E-state index contributed by atoms with van der Waals surface area (Å²) >= 11 is 6.04. The largest absolute Gasteiger partial charge is 0.465 e. The number of rotatable bonds is 3. The van der Waals surface area contributed by atoms with Gasteiger partial charge in [0.1, 0.15) is 0 Å². The quantitative estimate of drug-likeness (QED) is 0.477. The van der Waals surface area contributed by atoms with Crippen molar-refractivity contribution in [1.82, 2.24) is 14.5 Å². The first-order chi connectivity index (χ1) is 14.0. The zero-order chi connectivity index (χ0) is 20.5. The number of nitrogens with zero attached hydrogens (tertiary/aromatic N) is 3. The number of pyridine rings is 3. The zero-order valence-corrected chi connectivity index (χ0v) is 16.5. The molecule has 0 amide bonds. The second kappa shape index (κ2) is 7.48. The summed E-state index contributed by atoms with van der Waals surface area (Å²) < 4.78 is 6.49. The minimum absolute atomic E-state index is 0.256. The number of benzene rings is 1. The lowest BCUT2D eigenvalue weighted by atomic mass is 9.95. The number of methoxy groups -OCH3 is 1. The third-order valence-electron chi connectivity index (χ3n) is 4.68. The van der Waals surface area contributed by atoms with Crippen LogP contribution >= 0.6 is 11.6 Å². The smallest absolute Gasteiger partial charge is 0.340 e. The van der Waals surface area contributed by atoms with Crippen LogP contribution in [-0.2, 0) is 4.74 Å². The molecule has 0 saturated carbocycles. The van der Waals surface area contributed by atoms with Crippen molar-refractivity contribution in [1.29, 1.82) is 0 Å². The summed E-state index contributed by atoms with van der Waals surface area (Å²) in [6.45, 7) is 1.72. The third kappa shape index (κ3) is 3.28. The molecule has 6 nitrogen and oxygen atoms in total. The van der Waals surface area contributed by atoms with Gasteiger partial charge in [-0.1, -0.05) is 23.7 Å². The fourth-order valence-electron chi connectivity index (χ4n) is 3.36. The summed E-state index contributed by atoms with van der Waals surface area (Å²) in [5.41, 5.74) is 2.75. The van der Waals surface area contributed by atoms with Gasteiger partial charge in [-0.25, -0.2) is 4.79 Å². The van der Waals surface area contributed by atoms with E-state index < -0.39 is 5.97 Å². The molecular weight excluding hydrogens is 390 g/mol. The number of fused-ring (bicyclic) bond motifs is 1. The molecule has 29 heavy (non-hydrogen) atoms. The third-order valence-corrected chi connectivity index (χ3v) is 4.94. The van der Waals surface area contributed by atoms with Gasteiger partial charge in [0.2, 0.25) is 0 Å². The fourth-order valence-corrected chi connectivity index (χ4v) is 3.49. The van der Waals surface area contributed by atoms with E-state index in [2.05, 4.69) is 9.97 Å². The van der Waals surface area contributed by atoms with Crippen LogP contribution in [0.5, 0.6) is 0 Å². The minimum Gasteiger partial charge on any atom is -0.465 e. The van der Waals surface area contributed by atoms with Crippen LogP contribution in [0.4, 0.5) is 0 Å². The number of ether oxygens (including phenoxy) is 1. The molecule has 3 aromatic heterocycles. The first-order valence-corrected chi connectivity index (χ1v) is 9.19. The Morgan fingerprint density at radius 2 is 1.76 bits per heavy atom. The Labute approximate surface area is 171 Å². The van der Waals surface area contributed by atoms with E-state index in [9.17, 15) is 9.59 Å². The summed E-state index contributed by atoms with van der Waals surface area (Å²) in [7, 11) is 1.30. The molecule has 0 aliphatic heterocycles. The molecule has 0 unspecified atom stereocenters. The van der Waals surface area contributed by atoms with E-state index >= 15 is 0 Å². The van der Waals surface area contributed by atoms with Gasteiger partial charge in [0.25, 0.3) is 5.56 Å². The molecule has 1 aromatic carbocycles. The van der Waals surface area contributed by atoms with Gasteiger partial charge >= 0.3 is 5.97 Å². The second-order valence-electron chi connectivity index (χ2n) is 6.40. The van der Waals surface area contributed by atoms with E-state index in [1.165, 1.54) is 11.7 Å². The first kappa shape index (κ1) is 18.8. The van der Waals surface area contributed by atoms with Crippen molar-refractivity contribution in [2.75, 3.05) is 7.11 Å². The van der Waals surface area contributed by atoms with Gasteiger partial charge < -0.3 is 4.74 Å². The van der Waals surface area contributed by atoms with E-state index in [4.69, 9.17) is 16.3 Å². The average Bonchev–Trinajstić information content (AvgIpc) is 2.74. The Kier molecular flexibility index (Phi) is 4.86. The maximum atomic E-state index is 13.5. The topological polar surface area (TPSA) is 74.1 Å². The summed E-state index contributed by atoms with van der Waals surface area (Å²) in [6, 6.07) is 12.2. The summed E-state index contributed by atoms with van der Waals surface area (Å²) in [6.07, 6.45) is 4.88. The minimum atomic E-state index is -0.555. The molecule has 0 bridgehead atoms. The van der Waals surface area contributed by atoms with Crippen LogP contribution in [0.1, 0.15) is 16.1 Å². The van der Waals surface area contributed by atoms with Crippen LogP contribution in [-0.4, -0.2) is 27.6 Å². The first-order valence-electron chi connectivity index (χ1n) is 8.82. The lowest BCUT2D eigenvalue weighted by molar-refractivity contribution is 0.0600. The van der Waals surface area contributed by atoms with Gasteiger partial charge in [0, 0.05) is 29.2 Å². The molecular formula is C22H16ClN3O3. The van der Waals surface area contributed by atoms with E-state index in [0.29, 0.717) is 38.4 Å². The molecule has 0 radical (unpaired) electrons. The van der Waals surface area contributed by atoms with Crippen molar-refractivity contribution >= 4 is 28.5 Å². The Morgan fingerprint density at radius 1 is 1.07 bits per heavy atom. The lowest BCUT2D eigenvalue weighted by Crippen LogP contribution is -2.20. The van der Waals surface area contributed by atoms with Crippen LogP contribution in [0, 0.1) is 6.92 Å². The van der Waals surface area contributed by atoms with Gasteiger partial charge in [0.05, 0.1) is 35.0 Å². The van der Waals surface area contributed by atoms with Crippen LogP contribution in [0.3, 0.4) is 0 Å². The van der Waals surface area contributed by atoms with E-state index in [1.54, 1.807) is 68.0 Å². The predicted octanol–water partition coefficient (Wildman–Crippen LogP) is 4.20. The number of esters is 1. The Morgan fingerprint density at radius 3 is 2.41 bits per heavy atom. The summed E-state index contributed by atoms with van der Waals surface area (Å²) in [5, 5.41) is 0.885. The Balaban J connectivity index is 2.16. The molecule has 4 rings (SSSR count). The number of carbonyl (C=O) groups excluding carboxylic acids is 1. The Bertz CT molecular complexity index is 1280. The van der Waals surface area contributed by atoms with Crippen LogP contribution in [0.2, 0.25) is 5.02 Å². The molecule has 7 heteroatoms. The van der Waals surface area contributed by atoms with Crippen molar-refractivity contribution < 1.29 is 9.53 Å². The molecule has 0 fully saturated rings. The average molecular weight is 406 g/mol. The number of hydrogen-bond donors (Lipinski definition) is 0. The molecule has 0 aliphatic carbocycles. The SMILES string of the molecule is COC(=O)c1c(C)nc2ccn(-c3ccncc3)c(=O)c2c1-c1ccc(Cl)cc1. The molecule has 3 heterocycles. The van der Waals surface area contributed by atoms with Gasteiger partial charge in [-0.15, -0.1) is 0 Å². The molecule has 0 spiro atoms. The number of halogens is 1. The highest BCUT2D eigenvalue weighted by Crippen LogP contribution is 2.32. The highest BCUT2D eigenvalue weighted by atomic mass is 35.5. The van der Waals surface area contributed by atoms with Crippen molar-refractivity contribution in [2.45, 2.75) is 6.92 Å². The van der Waals surface area contributed by atoms with Gasteiger partial charge in [0.15, 0.2) is 0 Å². The van der Waals surface area contributed by atoms with Crippen LogP contribution < -0.4 is 5.56 Å². The summed E-state index contributed by atoms with van der Waals surface area (Å²) in [5.74, 6) is -0.555. The van der Waals surface area contributed by atoms with Crippen LogP contribution in [0.15, 0.2) is 65.8 Å². The predicted molar refractivity (Wildman–Crippen MR) is 112 cm³/mol. The maximum Gasteiger partial charge on any atom is 0.340 e. The number of carbonyl (C=O) groups is 1. The summed E-state index contributed by atoms with van der Waals surface area (Å²) in [4.78, 5) is 34.6. The zero-order valence-electron chi connectivity index (χ0n) is 15.7. The Hall–Kier alpha value is -3.51. The highest BCUT2D eigenvalue weighted by Gasteiger charge is 2.23. The van der Waals surface area contributed by atoms with Gasteiger partial charge in [-0.2, -0.15) is 0 Å². The highest BCUT2D eigenvalue weighted by molar-refractivity contribution is 6.30. The fraction of sp³-hybridized carbons (Fsp3) is 0.0909. The molecule has 0 atom stereocenters. The van der Waals surface area contributed by atoms with Crippen molar-refractivity contribution in [3.05, 3.63) is 87.7 Å². The van der Waals surface area contributed by atoms with Crippen molar-refractivity contribution in [3.63, 3.8) is 0 Å². The normalized spacial score (nSPS) is 10.9. The molecule has 0 aliphatic rings. The molecule has 4 aromatic rings. The lowest BCUT2D eigenvalue weighted by Gasteiger charge is -2.15. The number of hydrogen-bond acceptors (Lipinski definition) is 5. The van der Waals surface area contributed by atoms with E-state index in [-0.39, 0.29) is 11.1 Å². The number of aromatic nitrogens is 3. The number of aryl methyl sites for hydroxylation is 1.